The van der Waals surface area contributed by atoms with Crippen LogP contribution in [0.1, 0.15) is 31.8 Å². The molecule has 0 atom stereocenters. The Labute approximate surface area is 238 Å². The van der Waals surface area contributed by atoms with Gasteiger partial charge in [-0.2, -0.15) is 5.10 Å². The second kappa shape index (κ2) is 13.1. The number of nitrogens with one attached hydrogen (secondary N) is 3. The van der Waals surface area contributed by atoms with Crippen LogP contribution >= 0.6 is 15.9 Å². The van der Waals surface area contributed by atoms with E-state index in [1.807, 2.05) is 19.1 Å². The maximum Gasteiger partial charge on any atom is 0.343 e. The predicted octanol–water partition coefficient (Wildman–Crippen LogP) is 5.32. The van der Waals surface area contributed by atoms with Crippen LogP contribution < -0.4 is 20.8 Å². The van der Waals surface area contributed by atoms with Crippen LogP contribution in [0.5, 0.6) is 5.75 Å². The lowest BCUT2D eigenvalue weighted by Crippen LogP contribution is -2.33. The molecular weight excluding hydrogens is 576 g/mol. The molecule has 0 unspecified atom stereocenters. The zero-order valence-corrected chi connectivity index (χ0v) is 22.8. The Morgan fingerprint density at radius 1 is 0.775 bits per heavy atom. The molecule has 0 spiro atoms. The smallest absolute Gasteiger partial charge is 0.343 e. The Kier molecular flexibility index (Phi) is 9.16. The third-order valence-corrected chi connectivity index (χ3v) is 6.01. The van der Waals surface area contributed by atoms with E-state index in [0.717, 1.165) is 10.0 Å². The lowest BCUT2D eigenvalue weighted by molar-refractivity contribution is -0.136. The maximum absolute atomic E-state index is 12.7. The average Bonchev–Trinajstić information content (AvgIpc) is 2.95. The minimum atomic E-state index is -1.02. The van der Waals surface area contributed by atoms with Gasteiger partial charge >= 0.3 is 17.8 Å². The molecule has 4 aromatic rings. The van der Waals surface area contributed by atoms with E-state index in [1.165, 1.54) is 18.3 Å². The number of nitrogens with zero attached hydrogens (tertiary/aromatic N) is 1. The van der Waals surface area contributed by atoms with Crippen molar-refractivity contribution in [2.75, 3.05) is 10.6 Å². The second-order valence-corrected chi connectivity index (χ2v) is 9.40. The van der Waals surface area contributed by atoms with Crippen LogP contribution in [0.2, 0.25) is 0 Å². The van der Waals surface area contributed by atoms with E-state index in [-0.39, 0.29) is 11.3 Å². The predicted molar refractivity (Wildman–Crippen MR) is 155 cm³/mol. The second-order valence-electron chi connectivity index (χ2n) is 8.48. The number of ether oxygens (including phenoxy) is 1. The highest BCUT2D eigenvalue weighted by Gasteiger charge is 2.18. The number of carbonyl (C=O) groups is 4. The minimum absolute atomic E-state index is 0.164. The number of aryl methyl sites for hydroxylation is 1. The molecule has 0 aliphatic carbocycles. The Balaban J connectivity index is 1.30. The highest BCUT2D eigenvalue weighted by atomic mass is 79.9. The molecule has 4 aromatic carbocycles. The highest BCUT2D eigenvalue weighted by Crippen LogP contribution is 2.19. The van der Waals surface area contributed by atoms with Gasteiger partial charge in [0, 0.05) is 10.2 Å². The van der Waals surface area contributed by atoms with E-state index in [1.54, 1.807) is 72.8 Å². The molecule has 0 heterocycles. The lowest BCUT2D eigenvalue weighted by Gasteiger charge is -2.11. The summed E-state index contributed by atoms with van der Waals surface area (Å²) in [4.78, 5) is 49.7. The number of para-hydroxylation sites is 1. The number of benzene rings is 4. The molecule has 0 saturated carbocycles. The van der Waals surface area contributed by atoms with E-state index in [2.05, 4.69) is 37.1 Å². The number of amides is 3. The summed E-state index contributed by atoms with van der Waals surface area (Å²) in [6.07, 6.45) is 1.33. The SMILES string of the molecule is Cc1ccc(C(=O)Oc2ccc(/C=N\NC(=O)C(=O)Nc3ccccc3C(=O)Nc3ccc(Br)cc3)cc2)cc1. The topological polar surface area (TPSA) is 126 Å². The van der Waals surface area contributed by atoms with E-state index in [9.17, 15) is 19.2 Å². The van der Waals surface area contributed by atoms with Crippen LogP contribution in [0, 0.1) is 6.92 Å². The number of rotatable bonds is 7. The van der Waals surface area contributed by atoms with Crippen molar-refractivity contribution in [3.63, 3.8) is 0 Å². The maximum atomic E-state index is 12.7. The van der Waals surface area contributed by atoms with Crippen molar-refractivity contribution >= 4 is 57.2 Å². The zero-order valence-electron chi connectivity index (χ0n) is 21.2. The minimum Gasteiger partial charge on any atom is -0.423 e. The summed E-state index contributed by atoms with van der Waals surface area (Å²) in [5.74, 6) is -2.62. The van der Waals surface area contributed by atoms with Gasteiger partial charge in [0.15, 0.2) is 0 Å². The summed E-state index contributed by atoms with van der Waals surface area (Å²) < 4.78 is 6.22. The summed E-state index contributed by atoms with van der Waals surface area (Å²) in [7, 11) is 0. The molecule has 0 aliphatic rings. The van der Waals surface area contributed by atoms with Crippen LogP contribution in [0.4, 0.5) is 11.4 Å². The van der Waals surface area contributed by atoms with Crippen molar-refractivity contribution in [2.45, 2.75) is 6.92 Å². The summed E-state index contributed by atoms with van der Waals surface area (Å²) in [5.41, 5.74) is 5.12. The van der Waals surface area contributed by atoms with Crippen LogP contribution in [0.3, 0.4) is 0 Å². The molecular formula is C30H23BrN4O5. The fraction of sp³-hybridized carbons (Fsp3) is 0.0333. The van der Waals surface area contributed by atoms with Gasteiger partial charge in [0.2, 0.25) is 0 Å². The van der Waals surface area contributed by atoms with Crippen molar-refractivity contribution in [1.29, 1.82) is 0 Å². The van der Waals surface area contributed by atoms with Gasteiger partial charge in [0.25, 0.3) is 5.91 Å². The largest absolute Gasteiger partial charge is 0.423 e. The zero-order chi connectivity index (χ0) is 28.5. The van der Waals surface area contributed by atoms with Crippen molar-refractivity contribution in [3.8, 4) is 5.75 Å². The number of esters is 1. The molecule has 0 aliphatic heterocycles. The molecule has 3 amide bonds. The standard InChI is InChI=1S/C30H23BrN4O5/c1-19-6-10-21(11-7-19)30(39)40-24-16-8-20(9-17-24)18-32-35-29(38)28(37)34-26-5-3-2-4-25(26)27(36)33-23-14-12-22(31)13-15-23/h2-18H,1H3,(H,33,36)(H,34,37)(H,35,38)/b32-18-. The summed E-state index contributed by atoms with van der Waals surface area (Å²) in [6.45, 7) is 1.93. The normalized spacial score (nSPS) is 10.6. The monoisotopic (exact) mass is 598 g/mol. The summed E-state index contributed by atoms with van der Waals surface area (Å²) >= 11 is 3.34. The molecule has 40 heavy (non-hydrogen) atoms. The van der Waals surface area contributed by atoms with E-state index in [4.69, 9.17) is 4.74 Å². The molecule has 0 fully saturated rings. The fourth-order valence-electron chi connectivity index (χ4n) is 3.39. The molecule has 3 N–H and O–H groups in total. The molecule has 0 saturated heterocycles. The number of hydrogen-bond donors (Lipinski definition) is 3. The van der Waals surface area contributed by atoms with E-state index in [0.29, 0.717) is 22.6 Å². The van der Waals surface area contributed by atoms with Crippen LogP contribution in [-0.4, -0.2) is 29.9 Å². The first-order valence-electron chi connectivity index (χ1n) is 12.0. The molecule has 0 bridgehead atoms. The van der Waals surface area contributed by atoms with Gasteiger partial charge in [0.05, 0.1) is 23.0 Å². The van der Waals surface area contributed by atoms with Gasteiger partial charge in [0.1, 0.15) is 5.75 Å². The molecule has 4 rings (SSSR count). The number of halogens is 1. The Morgan fingerprint density at radius 3 is 2.15 bits per heavy atom. The number of carbonyl (C=O) groups excluding carboxylic acids is 4. The Morgan fingerprint density at radius 2 is 1.45 bits per heavy atom. The summed E-state index contributed by atoms with van der Waals surface area (Å²) in [5, 5.41) is 8.97. The van der Waals surface area contributed by atoms with Crippen molar-refractivity contribution < 1.29 is 23.9 Å². The first-order valence-corrected chi connectivity index (χ1v) is 12.8. The van der Waals surface area contributed by atoms with Gasteiger partial charge in [-0.25, -0.2) is 10.2 Å². The average molecular weight is 599 g/mol. The Hall–Kier alpha value is -5.09. The van der Waals surface area contributed by atoms with Crippen LogP contribution in [0.25, 0.3) is 0 Å². The summed E-state index contributed by atoms with van der Waals surface area (Å²) in [6, 6.07) is 26.8. The lowest BCUT2D eigenvalue weighted by atomic mass is 10.1. The molecule has 200 valence electrons. The molecule has 0 radical (unpaired) electrons. The Bertz CT molecular complexity index is 1570. The van der Waals surface area contributed by atoms with Crippen molar-refractivity contribution in [1.82, 2.24) is 5.43 Å². The van der Waals surface area contributed by atoms with Gasteiger partial charge in [-0.1, -0.05) is 45.8 Å². The third-order valence-electron chi connectivity index (χ3n) is 5.49. The quantitative estimate of drug-likeness (QED) is 0.0872. The number of anilines is 2. The molecule has 0 aromatic heterocycles. The number of hydrazone groups is 1. The third kappa shape index (κ3) is 7.71. The number of hydrogen-bond acceptors (Lipinski definition) is 6. The van der Waals surface area contributed by atoms with Crippen molar-refractivity contribution in [2.24, 2.45) is 5.10 Å². The first-order chi connectivity index (χ1) is 19.3. The van der Waals surface area contributed by atoms with Crippen molar-refractivity contribution in [3.05, 3.63) is 124 Å². The molecule has 10 heteroatoms. The van der Waals surface area contributed by atoms with Gasteiger partial charge in [-0.3, -0.25) is 14.4 Å². The van der Waals surface area contributed by atoms with E-state index >= 15 is 0 Å². The van der Waals surface area contributed by atoms with Gasteiger partial charge in [-0.15, -0.1) is 0 Å². The van der Waals surface area contributed by atoms with E-state index < -0.39 is 23.7 Å². The highest BCUT2D eigenvalue weighted by molar-refractivity contribution is 9.10. The van der Waals surface area contributed by atoms with Crippen LogP contribution in [0.15, 0.2) is 107 Å². The van der Waals surface area contributed by atoms with Gasteiger partial charge < -0.3 is 15.4 Å². The first kappa shape index (κ1) is 27.9. The van der Waals surface area contributed by atoms with Crippen LogP contribution in [-0.2, 0) is 9.59 Å². The fourth-order valence-corrected chi connectivity index (χ4v) is 3.66. The molecule has 9 nitrogen and oxygen atoms in total. The van der Waals surface area contributed by atoms with Gasteiger partial charge in [-0.05, 0) is 85.3 Å².